The number of nitrogens with one attached hydrogen (secondary N) is 1. The van der Waals surface area contributed by atoms with Gasteiger partial charge in [-0.25, -0.2) is 0 Å². The molecule has 0 bridgehead atoms. The molecule has 0 aromatic heterocycles. The third-order valence-electron chi connectivity index (χ3n) is 4.75. The molecule has 1 atom stereocenters. The first-order chi connectivity index (χ1) is 11.2. The second-order valence-electron chi connectivity index (χ2n) is 6.23. The molecule has 0 radical (unpaired) electrons. The predicted octanol–water partition coefficient (Wildman–Crippen LogP) is 5.66. The lowest BCUT2D eigenvalue weighted by atomic mass is 9.72. The van der Waals surface area contributed by atoms with E-state index in [1.807, 2.05) is 30.3 Å². The summed E-state index contributed by atoms with van der Waals surface area (Å²) in [7, 11) is 0. The number of benzene rings is 2. The van der Waals surface area contributed by atoms with E-state index in [9.17, 15) is 4.79 Å². The molecule has 1 aliphatic rings. The molecule has 3 heteroatoms. The number of carbonyl (C=O) groups excluding carboxylic acids is 1. The Balaban J connectivity index is 2.06. The van der Waals surface area contributed by atoms with Crippen LogP contribution in [0.1, 0.15) is 50.2 Å². The average Bonchev–Trinajstić information content (AvgIpc) is 2.85. The Bertz CT molecular complexity index is 698. The van der Waals surface area contributed by atoms with Gasteiger partial charge in [-0.1, -0.05) is 78.9 Å². The van der Waals surface area contributed by atoms with E-state index in [1.54, 1.807) is 0 Å². The highest BCUT2D eigenvalue weighted by atomic mass is 79.9. The molecule has 0 saturated heterocycles. The maximum absolute atomic E-state index is 13.0. The van der Waals surface area contributed by atoms with Gasteiger partial charge in [0.2, 0.25) is 5.91 Å². The number of halogens is 1. The Morgan fingerprint density at radius 1 is 1.04 bits per heavy atom. The second kappa shape index (κ2) is 6.88. The van der Waals surface area contributed by atoms with Crippen LogP contribution >= 0.6 is 15.9 Å². The summed E-state index contributed by atoms with van der Waals surface area (Å²) in [5, 5.41) is 3.10. The summed E-state index contributed by atoms with van der Waals surface area (Å²) in [6.07, 6.45) is 5.50. The van der Waals surface area contributed by atoms with Crippen LogP contribution in [0, 0.1) is 0 Å². The van der Waals surface area contributed by atoms with Crippen LogP contribution in [0.5, 0.6) is 0 Å². The van der Waals surface area contributed by atoms with E-state index in [4.69, 9.17) is 0 Å². The van der Waals surface area contributed by atoms with Gasteiger partial charge in [-0.15, -0.1) is 0 Å². The highest BCUT2D eigenvalue weighted by Gasteiger charge is 2.47. The van der Waals surface area contributed by atoms with Crippen LogP contribution < -0.4 is 5.32 Å². The summed E-state index contributed by atoms with van der Waals surface area (Å²) in [6, 6.07) is 16.3. The lowest BCUT2D eigenvalue weighted by Gasteiger charge is -2.28. The summed E-state index contributed by atoms with van der Waals surface area (Å²) < 4.78 is 1.02. The van der Waals surface area contributed by atoms with E-state index in [2.05, 4.69) is 46.4 Å². The van der Waals surface area contributed by atoms with Gasteiger partial charge < -0.3 is 5.32 Å². The van der Waals surface area contributed by atoms with Gasteiger partial charge in [0.15, 0.2) is 0 Å². The number of rotatable bonds is 6. The average molecular weight is 372 g/mol. The molecule has 1 heterocycles. The summed E-state index contributed by atoms with van der Waals surface area (Å²) in [5.74, 6) is 0.105. The Kier molecular flexibility index (Phi) is 4.86. The number of hydrogen-bond acceptors (Lipinski definition) is 1. The van der Waals surface area contributed by atoms with Crippen molar-refractivity contribution in [1.29, 1.82) is 0 Å². The van der Waals surface area contributed by atoms with Gasteiger partial charge in [0.1, 0.15) is 5.41 Å². The molecule has 1 unspecified atom stereocenters. The van der Waals surface area contributed by atoms with Crippen molar-refractivity contribution in [3.05, 3.63) is 64.1 Å². The Morgan fingerprint density at radius 3 is 2.57 bits per heavy atom. The lowest BCUT2D eigenvalue weighted by Crippen LogP contribution is -2.35. The van der Waals surface area contributed by atoms with Crippen molar-refractivity contribution in [2.24, 2.45) is 0 Å². The van der Waals surface area contributed by atoms with Crippen LogP contribution in [-0.2, 0) is 10.2 Å². The molecule has 2 aromatic carbocycles. The zero-order valence-corrected chi connectivity index (χ0v) is 15.0. The van der Waals surface area contributed by atoms with Crippen LogP contribution in [0.2, 0.25) is 0 Å². The largest absolute Gasteiger partial charge is 0.325 e. The molecule has 0 spiro atoms. The smallest absolute Gasteiger partial charge is 0.239 e. The van der Waals surface area contributed by atoms with Gasteiger partial charge >= 0.3 is 0 Å². The zero-order valence-electron chi connectivity index (χ0n) is 13.4. The number of hydrogen-bond donors (Lipinski definition) is 1. The van der Waals surface area contributed by atoms with Gasteiger partial charge in [-0.3, -0.25) is 4.79 Å². The second-order valence-corrected chi connectivity index (χ2v) is 7.14. The molecule has 2 aromatic rings. The third-order valence-corrected chi connectivity index (χ3v) is 5.24. The quantitative estimate of drug-likeness (QED) is 0.652. The van der Waals surface area contributed by atoms with Crippen molar-refractivity contribution >= 4 is 27.5 Å². The van der Waals surface area contributed by atoms with Crippen molar-refractivity contribution in [2.75, 3.05) is 5.32 Å². The first kappa shape index (κ1) is 16.3. The highest BCUT2D eigenvalue weighted by Crippen LogP contribution is 2.47. The fraction of sp³-hybridized carbons (Fsp3) is 0.350. The van der Waals surface area contributed by atoms with Crippen molar-refractivity contribution in [3.8, 4) is 0 Å². The van der Waals surface area contributed by atoms with Crippen molar-refractivity contribution in [3.63, 3.8) is 0 Å². The number of amides is 1. The Morgan fingerprint density at radius 2 is 1.83 bits per heavy atom. The number of anilines is 1. The lowest BCUT2D eigenvalue weighted by molar-refractivity contribution is -0.119. The van der Waals surface area contributed by atoms with Gasteiger partial charge in [0.05, 0.1) is 0 Å². The van der Waals surface area contributed by atoms with Crippen LogP contribution in [0.3, 0.4) is 0 Å². The van der Waals surface area contributed by atoms with Gasteiger partial charge in [0.25, 0.3) is 0 Å². The summed E-state index contributed by atoms with van der Waals surface area (Å²) in [5.41, 5.74) is 2.57. The van der Waals surface area contributed by atoms with E-state index < -0.39 is 5.41 Å². The van der Waals surface area contributed by atoms with E-state index in [-0.39, 0.29) is 5.91 Å². The SMILES string of the molecule is CCCCCCC1(c2ccccc2)C(=O)Nc2ccc(Br)cc21. The fourth-order valence-corrected chi connectivity index (χ4v) is 3.91. The number of fused-ring (bicyclic) bond motifs is 1. The standard InChI is InChI=1S/C20H22BrNO/c1-2-3-4-8-13-20(15-9-6-5-7-10-15)17-14-16(21)11-12-18(17)22-19(20)23/h5-7,9-12,14H,2-4,8,13H2,1H3,(H,22,23). The van der Waals surface area contributed by atoms with Crippen LogP contribution in [0.15, 0.2) is 53.0 Å². The fourth-order valence-electron chi connectivity index (χ4n) is 3.55. The Labute approximate surface area is 146 Å². The first-order valence-electron chi connectivity index (χ1n) is 8.35. The third kappa shape index (κ3) is 2.94. The number of carbonyl (C=O) groups is 1. The first-order valence-corrected chi connectivity index (χ1v) is 9.15. The molecule has 1 N–H and O–H groups in total. The zero-order chi connectivity index (χ0) is 16.3. The minimum absolute atomic E-state index is 0.105. The number of unbranched alkanes of at least 4 members (excludes halogenated alkanes) is 3. The minimum atomic E-state index is -0.561. The van der Waals surface area contributed by atoms with E-state index >= 15 is 0 Å². The van der Waals surface area contributed by atoms with E-state index in [0.29, 0.717) is 0 Å². The molecular weight excluding hydrogens is 350 g/mol. The molecule has 3 rings (SSSR count). The molecule has 120 valence electrons. The molecular formula is C20H22BrNO. The topological polar surface area (TPSA) is 29.1 Å². The predicted molar refractivity (Wildman–Crippen MR) is 98.8 cm³/mol. The van der Waals surface area contributed by atoms with Crippen molar-refractivity contribution in [2.45, 2.75) is 44.4 Å². The minimum Gasteiger partial charge on any atom is -0.325 e. The van der Waals surface area contributed by atoms with Crippen LogP contribution in [0.25, 0.3) is 0 Å². The van der Waals surface area contributed by atoms with Gasteiger partial charge in [-0.05, 0) is 35.7 Å². The molecule has 0 saturated carbocycles. The van der Waals surface area contributed by atoms with E-state index in [0.717, 1.165) is 34.1 Å². The molecule has 1 aliphatic heterocycles. The van der Waals surface area contributed by atoms with E-state index in [1.165, 1.54) is 19.3 Å². The molecule has 0 aliphatic carbocycles. The summed E-state index contributed by atoms with van der Waals surface area (Å²) >= 11 is 3.56. The molecule has 2 nitrogen and oxygen atoms in total. The normalized spacial score (nSPS) is 19.5. The van der Waals surface area contributed by atoms with Gasteiger partial charge in [-0.2, -0.15) is 0 Å². The van der Waals surface area contributed by atoms with Gasteiger partial charge in [0, 0.05) is 10.2 Å². The summed E-state index contributed by atoms with van der Waals surface area (Å²) in [4.78, 5) is 13.0. The molecule has 23 heavy (non-hydrogen) atoms. The van der Waals surface area contributed by atoms with Crippen LogP contribution in [0.4, 0.5) is 5.69 Å². The van der Waals surface area contributed by atoms with Crippen molar-refractivity contribution in [1.82, 2.24) is 0 Å². The maximum atomic E-state index is 13.0. The van der Waals surface area contributed by atoms with Crippen LogP contribution in [-0.4, -0.2) is 5.91 Å². The molecule has 1 amide bonds. The maximum Gasteiger partial charge on any atom is 0.239 e. The summed E-state index contributed by atoms with van der Waals surface area (Å²) in [6.45, 7) is 2.21. The Hall–Kier alpha value is -1.61. The van der Waals surface area contributed by atoms with Crippen molar-refractivity contribution < 1.29 is 4.79 Å². The molecule has 0 fully saturated rings. The highest BCUT2D eigenvalue weighted by molar-refractivity contribution is 9.10. The monoisotopic (exact) mass is 371 g/mol.